The normalized spacial score (nSPS) is 14.2. The Kier molecular flexibility index (Phi) is 6.31. The number of rotatable bonds is 3. The zero-order valence-corrected chi connectivity index (χ0v) is 15.7. The van der Waals surface area contributed by atoms with Crippen LogP contribution in [0, 0.1) is 5.82 Å². The summed E-state index contributed by atoms with van der Waals surface area (Å²) in [7, 11) is 1.63. The lowest BCUT2D eigenvalue weighted by molar-refractivity contribution is 0.0930. The van der Waals surface area contributed by atoms with Crippen molar-refractivity contribution in [3.05, 3.63) is 59.9 Å². The van der Waals surface area contributed by atoms with Crippen LogP contribution in [0.25, 0.3) is 0 Å². The van der Waals surface area contributed by atoms with E-state index >= 15 is 0 Å². The molecule has 1 aliphatic rings. The predicted molar refractivity (Wildman–Crippen MR) is 104 cm³/mol. The smallest absolute Gasteiger partial charge is 0.336 e. The molecular weight excluding hydrogens is 363 g/mol. The molecule has 0 saturated carbocycles. The quantitative estimate of drug-likeness (QED) is 0.795. The number of urea groups is 1. The lowest BCUT2D eigenvalue weighted by Crippen LogP contribution is -2.49. The van der Waals surface area contributed by atoms with Crippen LogP contribution in [-0.2, 0) is 0 Å². The van der Waals surface area contributed by atoms with Gasteiger partial charge in [0.25, 0.3) is 5.91 Å². The molecule has 2 aromatic rings. The van der Waals surface area contributed by atoms with Crippen LogP contribution in [0.1, 0.15) is 16.8 Å². The Morgan fingerprint density at radius 2 is 1.64 bits per heavy atom. The van der Waals surface area contributed by atoms with Crippen molar-refractivity contribution in [1.29, 1.82) is 0 Å². The highest BCUT2D eigenvalue weighted by Gasteiger charge is 2.20. The monoisotopic (exact) mass is 386 g/mol. The molecule has 3 amide bonds. The third-order valence-corrected chi connectivity index (χ3v) is 4.61. The summed E-state index contributed by atoms with van der Waals surface area (Å²) in [5.74, 6) is -0.119. The van der Waals surface area contributed by atoms with Gasteiger partial charge in [0, 0.05) is 37.4 Å². The number of carbonyl (C=O) groups is 2. The van der Waals surface area contributed by atoms with E-state index in [1.807, 2.05) is 24.3 Å². The first kappa shape index (κ1) is 19.5. The topological polar surface area (TPSA) is 73.9 Å². The van der Waals surface area contributed by atoms with E-state index in [0.29, 0.717) is 19.6 Å². The molecular formula is C20H23FN4O3. The van der Waals surface area contributed by atoms with Gasteiger partial charge < -0.3 is 14.5 Å². The maximum atomic E-state index is 12.9. The number of hydrazine groups is 1. The first-order valence-corrected chi connectivity index (χ1v) is 9.06. The predicted octanol–water partition coefficient (Wildman–Crippen LogP) is 2.40. The van der Waals surface area contributed by atoms with Gasteiger partial charge in [-0.3, -0.25) is 10.2 Å². The van der Waals surface area contributed by atoms with Gasteiger partial charge in [0.1, 0.15) is 11.6 Å². The fourth-order valence-corrected chi connectivity index (χ4v) is 3.03. The van der Waals surface area contributed by atoms with Gasteiger partial charge in [0.05, 0.1) is 7.11 Å². The molecule has 0 aromatic heterocycles. The zero-order valence-electron chi connectivity index (χ0n) is 15.7. The molecule has 0 bridgehead atoms. The van der Waals surface area contributed by atoms with Crippen LogP contribution in [0.2, 0.25) is 0 Å². The number of hydrogen-bond donors (Lipinski definition) is 2. The first-order chi connectivity index (χ1) is 13.6. The van der Waals surface area contributed by atoms with Gasteiger partial charge in [-0.2, -0.15) is 0 Å². The van der Waals surface area contributed by atoms with Crippen LogP contribution in [0.3, 0.4) is 0 Å². The summed E-state index contributed by atoms with van der Waals surface area (Å²) in [5, 5.41) is 0. The number of anilines is 1. The molecule has 1 fully saturated rings. The summed E-state index contributed by atoms with van der Waals surface area (Å²) in [5.41, 5.74) is 6.13. The number of amides is 3. The van der Waals surface area contributed by atoms with E-state index in [2.05, 4.69) is 15.8 Å². The molecule has 0 unspecified atom stereocenters. The number of carbonyl (C=O) groups excluding carboxylic acids is 2. The minimum atomic E-state index is -0.497. The molecule has 28 heavy (non-hydrogen) atoms. The Morgan fingerprint density at radius 3 is 2.32 bits per heavy atom. The molecule has 3 rings (SSSR count). The number of nitrogens with one attached hydrogen (secondary N) is 2. The van der Waals surface area contributed by atoms with Crippen LogP contribution in [0.15, 0.2) is 48.5 Å². The molecule has 0 aliphatic carbocycles. The Hall–Kier alpha value is -3.29. The van der Waals surface area contributed by atoms with Crippen LogP contribution >= 0.6 is 0 Å². The van der Waals surface area contributed by atoms with E-state index in [9.17, 15) is 14.0 Å². The molecule has 8 heteroatoms. The highest BCUT2D eigenvalue weighted by molar-refractivity contribution is 5.95. The van der Waals surface area contributed by atoms with Crippen molar-refractivity contribution in [2.75, 3.05) is 38.2 Å². The first-order valence-electron chi connectivity index (χ1n) is 9.06. The number of ether oxygens (including phenoxy) is 1. The lowest BCUT2D eigenvalue weighted by atomic mass is 10.2. The van der Waals surface area contributed by atoms with Crippen molar-refractivity contribution in [3.8, 4) is 5.75 Å². The van der Waals surface area contributed by atoms with Gasteiger partial charge in [-0.25, -0.2) is 14.6 Å². The van der Waals surface area contributed by atoms with E-state index in [1.54, 1.807) is 12.0 Å². The molecule has 2 N–H and O–H groups in total. The van der Waals surface area contributed by atoms with Crippen LogP contribution in [0.4, 0.5) is 14.9 Å². The van der Waals surface area contributed by atoms with Crippen molar-refractivity contribution >= 4 is 17.6 Å². The highest BCUT2D eigenvalue weighted by atomic mass is 19.1. The number of methoxy groups -OCH3 is 1. The third-order valence-electron chi connectivity index (χ3n) is 4.61. The number of halogens is 1. The second-order valence-electron chi connectivity index (χ2n) is 6.42. The molecule has 1 saturated heterocycles. The maximum absolute atomic E-state index is 12.9. The average molecular weight is 386 g/mol. The molecule has 2 aromatic carbocycles. The number of nitrogens with zero attached hydrogens (tertiary/aromatic N) is 2. The molecule has 1 aliphatic heterocycles. The van der Waals surface area contributed by atoms with Gasteiger partial charge in [-0.15, -0.1) is 0 Å². The minimum Gasteiger partial charge on any atom is -0.497 e. The summed E-state index contributed by atoms with van der Waals surface area (Å²) in [4.78, 5) is 28.3. The van der Waals surface area contributed by atoms with E-state index in [1.165, 1.54) is 24.3 Å². The summed E-state index contributed by atoms with van der Waals surface area (Å²) in [6.07, 6.45) is 0.811. The van der Waals surface area contributed by atoms with Crippen molar-refractivity contribution in [1.82, 2.24) is 15.8 Å². The molecule has 0 spiro atoms. The Bertz CT molecular complexity index is 811. The number of hydrogen-bond acceptors (Lipinski definition) is 4. The summed E-state index contributed by atoms with van der Waals surface area (Å²) in [6, 6.07) is 12.6. The molecule has 1 heterocycles. The SMILES string of the molecule is COc1ccc(N2CCCN(C(=O)NNC(=O)c3ccc(F)cc3)CC2)cc1. The zero-order chi connectivity index (χ0) is 19.9. The molecule has 7 nitrogen and oxygen atoms in total. The van der Waals surface area contributed by atoms with Crippen molar-refractivity contribution in [2.24, 2.45) is 0 Å². The Morgan fingerprint density at radius 1 is 0.929 bits per heavy atom. The van der Waals surface area contributed by atoms with Gasteiger partial charge in [0.2, 0.25) is 0 Å². The average Bonchev–Trinajstić information content (AvgIpc) is 2.99. The molecule has 0 atom stereocenters. The highest BCUT2D eigenvalue weighted by Crippen LogP contribution is 2.20. The second-order valence-corrected chi connectivity index (χ2v) is 6.42. The summed E-state index contributed by atoms with van der Waals surface area (Å²) >= 11 is 0. The van der Waals surface area contributed by atoms with Crippen molar-refractivity contribution < 1.29 is 18.7 Å². The van der Waals surface area contributed by atoms with Gasteiger partial charge >= 0.3 is 6.03 Å². The second kappa shape index (κ2) is 9.07. The van der Waals surface area contributed by atoms with E-state index < -0.39 is 11.7 Å². The summed E-state index contributed by atoms with van der Waals surface area (Å²) < 4.78 is 18.1. The Labute approximate surface area is 163 Å². The van der Waals surface area contributed by atoms with E-state index in [4.69, 9.17) is 4.74 Å². The minimum absolute atomic E-state index is 0.267. The van der Waals surface area contributed by atoms with E-state index in [0.717, 1.165) is 24.4 Å². The third kappa shape index (κ3) is 4.91. The van der Waals surface area contributed by atoms with Crippen LogP contribution < -0.4 is 20.5 Å². The molecule has 148 valence electrons. The Balaban J connectivity index is 1.50. The maximum Gasteiger partial charge on any atom is 0.336 e. The standard InChI is InChI=1S/C20H23FN4O3/c1-28-18-9-7-17(8-10-18)24-11-2-12-25(14-13-24)20(27)23-22-19(26)15-3-5-16(21)6-4-15/h3-10H,2,11-14H2,1H3,(H,22,26)(H,23,27). The lowest BCUT2D eigenvalue weighted by Gasteiger charge is -2.24. The largest absolute Gasteiger partial charge is 0.497 e. The van der Waals surface area contributed by atoms with Crippen LogP contribution in [-0.4, -0.2) is 50.1 Å². The van der Waals surface area contributed by atoms with Crippen LogP contribution in [0.5, 0.6) is 5.75 Å². The van der Waals surface area contributed by atoms with E-state index in [-0.39, 0.29) is 11.6 Å². The molecule has 0 radical (unpaired) electrons. The van der Waals surface area contributed by atoms with Gasteiger partial charge in [-0.05, 0) is 55.0 Å². The summed E-state index contributed by atoms with van der Waals surface area (Å²) in [6.45, 7) is 2.64. The van der Waals surface area contributed by atoms with Crippen molar-refractivity contribution in [2.45, 2.75) is 6.42 Å². The fraction of sp³-hybridized carbons (Fsp3) is 0.300. The van der Waals surface area contributed by atoms with Gasteiger partial charge in [0.15, 0.2) is 0 Å². The van der Waals surface area contributed by atoms with Gasteiger partial charge in [-0.1, -0.05) is 0 Å². The van der Waals surface area contributed by atoms with Crippen molar-refractivity contribution in [3.63, 3.8) is 0 Å². The number of benzene rings is 2. The fourth-order valence-electron chi connectivity index (χ4n) is 3.03.